The SMILES string of the molecule is Cc1nn(-c2ccc(F)cc2)c2n[nH]c(NC(=O)[C@H]3CCO[C@H]3C)c12. The molecule has 2 N–H and O–H groups in total. The summed E-state index contributed by atoms with van der Waals surface area (Å²) < 4.78 is 20.2. The molecule has 0 aliphatic carbocycles. The maximum atomic E-state index is 13.1. The molecule has 1 aliphatic rings. The number of ether oxygens (including phenoxy) is 1. The van der Waals surface area contributed by atoms with Crippen LogP contribution in [0.15, 0.2) is 24.3 Å². The van der Waals surface area contributed by atoms with E-state index in [9.17, 15) is 9.18 Å². The molecule has 1 aromatic carbocycles. The maximum absolute atomic E-state index is 13.1. The lowest BCUT2D eigenvalue weighted by Crippen LogP contribution is -2.28. The fraction of sp³-hybridized carbons (Fsp3) is 0.353. The van der Waals surface area contributed by atoms with Crippen LogP contribution in [-0.2, 0) is 9.53 Å². The Morgan fingerprint density at radius 1 is 1.40 bits per heavy atom. The summed E-state index contributed by atoms with van der Waals surface area (Å²) in [4.78, 5) is 12.5. The normalized spacial score (nSPS) is 20.3. The minimum atomic E-state index is -0.313. The van der Waals surface area contributed by atoms with Crippen LogP contribution in [0.2, 0.25) is 0 Å². The average molecular weight is 343 g/mol. The number of anilines is 1. The smallest absolute Gasteiger partial charge is 0.231 e. The second kappa shape index (κ2) is 5.96. The van der Waals surface area contributed by atoms with E-state index in [1.165, 1.54) is 12.1 Å². The first-order chi connectivity index (χ1) is 12.0. The van der Waals surface area contributed by atoms with Gasteiger partial charge in [0.05, 0.1) is 28.8 Å². The number of nitrogens with one attached hydrogen (secondary N) is 2. The Bertz CT molecular complexity index is 931. The van der Waals surface area contributed by atoms with Crippen molar-refractivity contribution < 1.29 is 13.9 Å². The van der Waals surface area contributed by atoms with Gasteiger partial charge in [-0.15, -0.1) is 0 Å². The minimum Gasteiger partial charge on any atom is -0.378 e. The molecule has 1 fully saturated rings. The number of carbonyl (C=O) groups excluding carboxylic acids is 1. The van der Waals surface area contributed by atoms with Crippen LogP contribution in [0.25, 0.3) is 16.7 Å². The number of rotatable bonds is 3. The highest BCUT2D eigenvalue weighted by Gasteiger charge is 2.31. The third-order valence-electron chi connectivity index (χ3n) is 4.59. The van der Waals surface area contributed by atoms with Gasteiger partial charge >= 0.3 is 0 Å². The van der Waals surface area contributed by atoms with Gasteiger partial charge in [-0.25, -0.2) is 9.07 Å². The fourth-order valence-corrected chi connectivity index (χ4v) is 3.22. The zero-order valence-corrected chi connectivity index (χ0v) is 13.9. The lowest BCUT2D eigenvalue weighted by molar-refractivity contribution is -0.121. The summed E-state index contributed by atoms with van der Waals surface area (Å²) >= 11 is 0. The predicted octanol–water partition coefficient (Wildman–Crippen LogP) is 2.56. The number of halogens is 1. The number of aryl methyl sites for hydroxylation is 1. The van der Waals surface area contributed by atoms with Crippen LogP contribution < -0.4 is 5.32 Å². The molecule has 1 amide bonds. The number of amides is 1. The lowest BCUT2D eigenvalue weighted by atomic mass is 10.0. The van der Waals surface area contributed by atoms with Crippen molar-refractivity contribution in [2.24, 2.45) is 5.92 Å². The van der Waals surface area contributed by atoms with E-state index in [2.05, 4.69) is 20.6 Å². The zero-order chi connectivity index (χ0) is 17.6. The van der Waals surface area contributed by atoms with E-state index in [-0.39, 0.29) is 23.7 Å². The van der Waals surface area contributed by atoms with E-state index in [0.29, 0.717) is 30.2 Å². The van der Waals surface area contributed by atoms with Gasteiger partial charge < -0.3 is 10.1 Å². The molecule has 0 radical (unpaired) electrons. The van der Waals surface area contributed by atoms with Gasteiger partial charge in [0, 0.05) is 6.61 Å². The van der Waals surface area contributed by atoms with Crippen molar-refractivity contribution in [1.29, 1.82) is 0 Å². The van der Waals surface area contributed by atoms with Gasteiger partial charge in [-0.3, -0.25) is 9.89 Å². The molecule has 7 nitrogen and oxygen atoms in total. The molecule has 0 bridgehead atoms. The quantitative estimate of drug-likeness (QED) is 0.765. The average Bonchev–Trinajstić information content (AvgIpc) is 3.27. The van der Waals surface area contributed by atoms with Gasteiger partial charge in [-0.2, -0.15) is 10.2 Å². The van der Waals surface area contributed by atoms with Crippen molar-refractivity contribution in [2.75, 3.05) is 11.9 Å². The van der Waals surface area contributed by atoms with Crippen molar-refractivity contribution in [3.63, 3.8) is 0 Å². The second-order valence-electron chi connectivity index (χ2n) is 6.23. The number of hydrogen-bond acceptors (Lipinski definition) is 4. The molecule has 3 heterocycles. The Morgan fingerprint density at radius 3 is 2.84 bits per heavy atom. The molecule has 0 spiro atoms. The molecule has 1 saturated heterocycles. The zero-order valence-electron chi connectivity index (χ0n) is 13.9. The van der Waals surface area contributed by atoms with Crippen LogP contribution in [0, 0.1) is 18.7 Å². The van der Waals surface area contributed by atoms with Crippen molar-refractivity contribution in [2.45, 2.75) is 26.4 Å². The third-order valence-corrected chi connectivity index (χ3v) is 4.59. The summed E-state index contributed by atoms with van der Waals surface area (Å²) in [5.41, 5.74) is 2.00. The van der Waals surface area contributed by atoms with E-state index >= 15 is 0 Å². The van der Waals surface area contributed by atoms with Gasteiger partial charge in [0.1, 0.15) is 11.6 Å². The number of carbonyl (C=O) groups is 1. The van der Waals surface area contributed by atoms with Crippen molar-refractivity contribution >= 4 is 22.8 Å². The highest BCUT2D eigenvalue weighted by molar-refractivity contribution is 6.01. The summed E-state index contributed by atoms with van der Waals surface area (Å²) in [5.74, 6) is -0.0630. The Morgan fingerprint density at radius 2 is 2.16 bits per heavy atom. The highest BCUT2D eigenvalue weighted by Crippen LogP contribution is 2.28. The Balaban J connectivity index is 1.68. The second-order valence-corrected chi connectivity index (χ2v) is 6.23. The predicted molar refractivity (Wildman–Crippen MR) is 90.1 cm³/mol. The Labute approximate surface area is 143 Å². The number of H-pyrrole nitrogens is 1. The number of benzene rings is 1. The van der Waals surface area contributed by atoms with Crippen LogP contribution in [0.4, 0.5) is 10.2 Å². The third kappa shape index (κ3) is 2.68. The van der Waals surface area contributed by atoms with Crippen LogP contribution in [0.1, 0.15) is 19.0 Å². The molecular weight excluding hydrogens is 325 g/mol. The topological polar surface area (TPSA) is 84.8 Å². The number of aromatic amines is 1. The molecule has 0 unspecified atom stereocenters. The van der Waals surface area contributed by atoms with Crippen LogP contribution in [-0.4, -0.2) is 38.6 Å². The fourth-order valence-electron chi connectivity index (χ4n) is 3.22. The van der Waals surface area contributed by atoms with Gasteiger partial charge in [0.2, 0.25) is 5.91 Å². The summed E-state index contributed by atoms with van der Waals surface area (Å²) in [7, 11) is 0. The first kappa shape index (κ1) is 15.8. The molecule has 2 atom stereocenters. The maximum Gasteiger partial charge on any atom is 0.231 e. The first-order valence-corrected chi connectivity index (χ1v) is 8.16. The van der Waals surface area contributed by atoms with Crippen molar-refractivity contribution in [1.82, 2.24) is 20.0 Å². The molecule has 2 aromatic heterocycles. The van der Waals surface area contributed by atoms with E-state index < -0.39 is 0 Å². The van der Waals surface area contributed by atoms with Gasteiger partial charge in [0.25, 0.3) is 0 Å². The molecule has 4 rings (SSSR count). The molecule has 1 aliphatic heterocycles. The molecular formula is C17H18FN5O2. The van der Waals surface area contributed by atoms with Gasteiger partial charge in [-0.05, 0) is 44.5 Å². The Hall–Kier alpha value is -2.74. The number of fused-ring (bicyclic) bond motifs is 1. The summed E-state index contributed by atoms with van der Waals surface area (Å²) in [6.45, 7) is 4.34. The van der Waals surface area contributed by atoms with Gasteiger partial charge in [0.15, 0.2) is 5.65 Å². The van der Waals surface area contributed by atoms with E-state index in [0.717, 1.165) is 11.1 Å². The van der Waals surface area contributed by atoms with Gasteiger partial charge in [-0.1, -0.05) is 0 Å². The first-order valence-electron chi connectivity index (χ1n) is 8.16. The monoisotopic (exact) mass is 343 g/mol. The van der Waals surface area contributed by atoms with E-state index in [1.54, 1.807) is 16.8 Å². The Kier molecular flexibility index (Phi) is 3.76. The molecule has 130 valence electrons. The molecule has 0 saturated carbocycles. The van der Waals surface area contributed by atoms with Crippen LogP contribution in [0.5, 0.6) is 0 Å². The summed E-state index contributed by atoms with van der Waals surface area (Å²) in [6.07, 6.45) is 0.611. The molecule has 25 heavy (non-hydrogen) atoms. The summed E-state index contributed by atoms with van der Waals surface area (Å²) in [6, 6.07) is 6.00. The standard InChI is InChI=1S/C17H18FN5O2/c1-9-14-15(19-17(24)13-7-8-25-10(13)2)20-21-16(14)23(22-9)12-5-3-11(18)4-6-12/h3-6,10,13H,7-8H2,1-2H3,(H2,19,20,21,24)/t10-,13-/m0/s1. The molecule has 8 heteroatoms. The van der Waals surface area contributed by atoms with Crippen LogP contribution >= 0.6 is 0 Å². The van der Waals surface area contributed by atoms with Crippen molar-refractivity contribution in [3.05, 3.63) is 35.8 Å². The lowest BCUT2D eigenvalue weighted by Gasteiger charge is -2.13. The minimum absolute atomic E-state index is 0.0931. The van der Waals surface area contributed by atoms with E-state index in [1.807, 2.05) is 13.8 Å². The number of nitrogens with zero attached hydrogens (tertiary/aromatic N) is 3. The molecule has 3 aromatic rings. The number of aromatic nitrogens is 4. The summed E-state index contributed by atoms with van der Waals surface area (Å²) in [5, 5.41) is 15.2. The van der Waals surface area contributed by atoms with E-state index in [4.69, 9.17) is 4.74 Å². The van der Waals surface area contributed by atoms with Crippen molar-refractivity contribution in [3.8, 4) is 5.69 Å². The largest absolute Gasteiger partial charge is 0.378 e. The van der Waals surface area contributed by atoms with Crippen LogP contribution in [0.3, 0.4) is 0 Å². The number of hydrogen-bond donors (Lipinski definition) is 2. The highest BCUT2D eigenvalue weighted by atomic mass is 19.1.